The highest BCUT2D eigenvalue weighted by Gasteiger charge is 2.37. The van der Waals surface area contributed by atoms with Gasteiger partial charge in [-0.15, -0.1) is 0 Å². The average molecular weight is 757 g/mol. The standard InChI is InChI=1S/C38H40Cl3N3O5S/c1-26-16-19-30(20-17-26)50(47,48)44(34-23-28(39)18-21-36(34)49-2)25-37(45)43(24-31-32(40)14-9-15-33(31)41)35(22-27-10-5-3-6-11-27)38(46)42-29-12-7-4-8-13-29/h3,5-6,9-11,14-21,23,29,35H,4,7-8,12-13,22,24-25H2,1-2H3,(H,42,46)/t35-/m0/s1. The van der Waals surface area contributed by atoms with E-state index in [0.717, 1.165) is 47.5 Å². The average Bonchev–Trinajstić information content (AvgIpc) is 3.10. The Bertz CT molecular complexity index is 1880. The molecular formula is C38H40Cl3N3O5S. The van der Waals surface area contributed by atoms with Gasteiger partial charge in [-0.3, -0.25) is 13.9 Å². The Balaban J connectivity index is 1.63. The van der Waals surface area contributed by atoms with Crippen LogP contribution in [0.15, 0.2) is 95.9 Å². The normalized spacial score (nSPS) is 14.1. The third-order valence-corrected chi connectivity index (χ3v) is 11.6. The van der Waals surface area contributed by atoms with Crippen molar-refractivity contribution in [2.75, 3.05) is 18.0 Å². The van der Waals surface area contributed by atoms with E-state index in [1.54, 1.807) is 36.4 Å². The van der Waals surface area contributed by atoms with Crippen molar-refractivity contribution in [1.29, 1.82) is 0 Å². The van der Waals surface area contributed by atoms with E-state index >= 15 is 0 Å². The van der Waals surface area contributed by atoms with Crippen molar-refractivity contribution in [3.05, 3.63) is 123 Å². The number of ether oxygens (including phenoxy) is 1. The molecule has 0 radical (unpaired) electrons. The molecule has 1 N–H and O–H groups in total. The second-order valence-corrected chi connectivity index (χ2v) is 15.5. The summed E-state index contributed by atoms with van der Waals surface area (Å²) >= 11 is 19.7. The second-order valence-electron chi connectivity index (χ2n) is 12.4. The topological polar surface area (TPSA) is 96.0 Å². The number of methoxy groups -OCH3 is 1. The molecule has 2 amide bonds. The lowest BCUT2D eigenvalue weighted by atomic mass is 9.94. The maximum atomic E-state index is 14.9. The van der Waals surface area contributed by atoms with Gasteiger partial charge in [0.15, 0.2) is 0 Å². The Kier molecular flexibility index (Phi) is 12.7. The van der Waals surface area contributed by atoms with Crippen molar-refractivity contribution in [1.82, 2.24) is 10.2 Å². The van der Waals surface area contributed by atoms with Gasteiger partial charge in [-0.2, -0.15) is 0 Å². The predicted molar refractivity (Wildman–Crippen MR) is 200 cm³/mol. The molecule has 264 valence electrons. The van der Waals surface area contributed by atoms with Crippen molar-refractivity contribution >= 4 is 62.3 Å². The number of carbonyl (C=O) groups excluding carboxylic acids is 2. The highest BCUT2D eigenvalue weighted by molar-refractivity contribution is 7.92. The number of sulfonamides is 1. The molecule has 5 rings (SSSR count). The highest BCUT2D eigenvalue weighted by atomic mass is 35.5. The van der Waals surface area contributed by atoms with Gasteiger partial charge in [-0.1, -0.05) is 108 Å². The summed E-state index contributed by atoms with van der Waals surface area (Å²) in [6.45, 7) is 1.01. The minimum atomic E-state index is -4.37. The van der Waals surface area contributed by atoms with Crippen LogP contribution in [0.1, 0.15) is 48.8 Å². The first kappa shape index (κ1) is 37.5. The van der Waals surface area contributed by atoms with Crippen molar-refractivity contribution in [2.24, 2.45) is 0 Å². The molecule has 0 heterocycles. The molecule has 8 nitrogen and oxygen atoms in total. The zero-order valence-electron chi connectivity index (χ0n) is 27.9. The van der Waals surface area contributed by atoms with Gasteiger partial charge in [0.1, 0.15) is 18.3 Å². The molecular weight excluding hydrogens is 717 g/mol. The Morgan fingerprint density at radius 3 is 2.18 bits per heavy atom. The summed E-state index contributed by atoms with van der Waals surface area (Å²) < 4.78 is 35.4. The fourth-order valence-electron chi connectivity index (χ4n) is 6.16. The largest absolute Gasteiger partial charge is 0.495 e. The van der Waals surface area contributed by atoms with Gasteiger partial charge in [0.25, 0.3) is 10.0 Å². The van der Waals surface area contributed by atoms with Crippen molar-refractivity contribution in [3.63, 3.8) is 0 Å². The number of benzene rings is 4. The van der Waals surface area contributed by atoms with E-state index in [0.29, 0.717) is 15.6 Å². The first-order chi connectivity index (χ1) is 24.0. The third kappa shape index (κ3) is 9.12. The molecule has 0 spiro atoms. The van der Waals surface area contributed by atoms with Crippen LogP contribution >= 0.6 is 34.8 Å². The van der Waals surface area contributed by atoms with Gasteiger partial charge in [-0.05, 0) is 67.8 Å². The van der Waals surface area contributed by atoms with Crippen molar-refractivity contribution in [3.8, 4) is 5.75 Å². The summed E-state index contributed by atoms with van der Waals surface area (Å²) in [6.07, 6.45) is 4.95. The van der Waals surface area contributed by atoms with Crippen LogP contribution in [0.2, 0.25) is 15.1 Å². The van der Waals surface area contributed by atoms with Gasteiger partial charge in [0.05, 0.1) is 17.7 Å². The minimum absolute atomic E-state index is 0.0329. The van der Waals surface area contributed by atoms with Gasteiger partial charge < -0.3 is 15.0 Å². The molecule has 0 unspecified atom stereocenters. The molecule has 1 saturated carbocycles. The fraction of sp³-hybridized carbons (Fsp3) is 0.316. The van der Waals surface area contributed by atoms with Crippen LogP contribution in [0.5, 0.6) is 5.75 Å². The van der Waals surface area contributed by atoms with E-state index in [2.05, 4.69) is 5.32 Å². The Morgan fingerprint density at radius 2 is 1.54 bits per heavy atom. The summed E-state index contributed by atoms with van der Waals surface area (Å²) in [6, 6.07) is 24.2. The Hall–Kier alpha value is -3.76. The molecule has 4 aromatic carbocycles. The molecule has 0 aliphatic heterocycles. The predicted octanol–water partition coefficient (Wildman–Crippen LogP) is 8.25. The summed E-state index contributed by atoms with van der Waals surface area (Å²) in [5, 5.41) is 4.05. The molecule has 1 aliphatic rings. The molecule has 1 fully saturated rings. The molecule has 50 heavy (non-hydrogen) atoms. The van der Waals surface area contributed by atoms with Crippen LogP contribution < -0.4 is 14.4 Å². The Labute approximate surface area is 309 Å². The number of amides is 2. The number of hydrogen-bond acceptors (Lipinski definition) is 5. The quantitative estimate of drug-likeness (QED) is 0.148. The van der Waals surface area contributed by atoms with E-state index in [9.17, 15) is 18.0 Å². The third-order valence-electron chi connectivity index (χ3n) is 8.91. The summed E-state index contributed by atoms with van der Waals surface area (Å²) in [5.74, 6) is -0.807. The highest BCUT2D eigenvalue weighted by Crippen LogP contribution is 2.36. The first-order valence-corrected chi connectivity index (χ1v) is 19.0. The number of anilines is 1. The van der Waals surface area contributed by atoms with Crippen LogP contribution in [0.3, 0.4) is 0 Å². The van der Waals surface area contributed by atoms with Gasteiger partial charge in [0.2, 0.25) is 11.8 Å². The van der Waals surface area contributed by atoms with Crippen LogP contribution in [-0.2, 0) is 32.6 Å². The van der Waals surface area contributed by atoms with Gasteiger partial charge >= 0.3 is 0 Å². The summed E-state index contributed by atoms with van der Waals surface area (Å²) in [7, 11) is -2.97. The van der Waals surface area contributed by atoms with Crippen molar-refractivity contribution < 1.29 is 22.7 Å². The van der Waals surface area contributed by atoms with E-state index in [1.807, 2.05) is 37.3 Å². The van der Waals surface area contributed by atoms with Crippen LogP contribution in [0, 0.1) is 6.92 Å². The van der Waals surface area contributed by atoms with Crippen LogP contribution in [0.25, 0.3) is 0 Å². The van der Waals surface area contributed by atoms with E-state index < -0.39 is 28.5 Å². The summed E-state index contributed by atoms with van der Waals surface area (Å²) in [5.41, 5.74) is 2.18. The SMILES string of the molecule is COc1ccc(Cl)cc1N(CC(=O)N(Cc1c(Cl)cccc1Cl)[C@@H](Cc1ccccc1)C(=O)NC1CCCCC1)S(=O)(=O)c1ccc(C)cc1. The zero-order valence-corrected chi connectivity index (χ0v) is 31.0. The van der Waals surface area contributed by atoms with E-state index in [1.165, 1.54) is 36.3 Å². The lowest BCUT2D eigenvalue weighted by molar-refractivity contribution is -0.140. The molecule has 4 aromatic rings. The van der Waals surface area contributed by atoms with E-state index in [-0.39, 0.29) is 46.3 Å². The smallest absolute Gasteiger partial charge is 0.264 e. The molecule has 0 saturated heterocycles. The maximum Gasteiger partial charge on any atom is 0.264 e. The molecule has 1 aliphatic carbocycles. The van der Waals surface area contributed by atoms with Crippen LogP contribution in [-0.4, -0.2) is 50.9 Å². The Morgan fingerprint density at radius 1 is 0.880 bits per heavy atom. The number of carbonyl (C=O) groups is 2. The number of rotatable bonds is 13. The number of nitrogens with one attached hydrogen (secondary N) is 1. The van der Waals surface area contributed by atoms with Crippen molar-refractivity contribution in [2.45, 2.75) is 69.0 Å². The van der Waals surface area contributed by atoms with Crippen LogP contribution in [0.4, 0.5) is 5.69 Å². The van der Waals surface area contributed by atoms with Gasteiger partial charge in [0, 0.05) is 39.6 Å². The first-order valence-electron chi connectivity index (χ1n) is 16.5. The molecule has 0 bridgehead atoms. The number of halogens is 3. The summed E-state index contributed by atoms with van der Waals surface area (Å²) in [4.78, 5) is 30.6. The molecule has 1 atom stereocenters. The van der Waals surface area contributed by atoms with Gasteiger partial charge in [-0.25, -0.2) is 8.42 Å². The molecule has 12 heteroatoms. The minimum Gasteiger partial charge on any atom is -0.495 e. The number of hydrogen-bond donors (Lipinski definition) is 1. The zero-order chi connectivity index (χ0) is 35.8. The monoisotopic (exact) mass is 755 g/mol. The number of nitrogens with zero attached hydrogens (tertiary/aromatic N) is 2. The number of aryl methyl sites for hydroxylation is 1. The lowest BCUT2D eigenvalue weighted by Crippen LogP contribution is -2.55. The fourth-order valence-corrected chi connectivity index (χ4v) is 8.26. The lowest BCUT2D eigenvalue weighted by Gasteiger charge is -2.35. The molecule has 0 aromatic heterocycles. The van der Waals surface area contributed by atoms with E-state index in [4.69, 9.17) is 39.5 Å². The second kappa shape index (κ2) is 17.0. The maximum absolute atomic E-state index is 14.9.